The molecule has 2 heterocycles. The molecule has 0 bridgehead atoms. The molecule has 1 saturated heterocycles. The highest BCUT2D eigenvalue weighted by molar-refractivity contribution is 5.96. The van der Waals surface area contributed by atoms with Gasteiger partial charge in [0.15, 0.2) is 0 Å². The molecule has 5 rings (SSSR count). The maximum Gasteiger partial charge on any atom is 0.227 e. The van der Waals surface area contributed by atoms with Crippen molar-refractivity contribution in [3.8, 4) is 5.75 Å². The lowest BCUT2D eigenvalue weighted by Crippen LogP contribution is -2.26. The van der Waals surface area contributed by atoms with Gasteiger partial charge in [0.25, 0.3) is 0 Å². The highest BCUT2D eigenvalue weighted by Crippen LogP contribution is 2.33. The average molecular weight is 470 g/mol. The Bertz CT molecular complexity index is 1360. The van der Waals surface area contributed by atoms with Crippen molar-refractivity contribution in [1.29, 1.82) is 0 Å². The molecule has 1 fully saturated rings. The molecule has 0 aliphatic carbocycles. The Balaban J connectivity index is 1.38. The topological polar surface area (TPSA) is 67.6 Å². The second-order valence-corrected chi connectivity index (χ2v) is 9.47. The Morgan fingerprint density at radius 1 is 1.03 bits per heavy atom. The van der Waals surface area contributed by atoms with Crippen LogP contribution in [-0.2, 0) is 11.3 Å². The fraction of sp³-hybridized carbons (Fsp3) is 0.310. The molecule has 3 aromatic carbocycles. The first-order valence-corrected chi connectivity index (χ1v) is 12.1. The summed E-state index contributed by atoms with van der Waals surface area (Å²) in [5.74, 6) is 1.66. The number of imidazole rings is 1. The van der Waals surface area contributed by atoms with Gasteiger partial charge >= 0.3 is 0 Å². The van der Waals surface area contributed by atoms with Crippen LogP contribution in [-0.4, -0.2) is 39.8 Å². The van der Waals surface area contributed by atoms with Crippen molar-refractivity contribution >= 4 is 22.6 Å². The maximum atomic E-state index is 12.9. The molecule has 4 aromatic rings. The smallest absolute Gasteiger partial charge is 0.227 e. The minimum absolute atomic E-state index is 0.0525. The SMILES string of the molecule is Cc1ccc(N2C[C@@H](c3nc4ccccc4n3C[C@@H](O)COc3cccc(C)c3C)CC2=O)cc1. The Hall–Kier alpha value is -3.64. The number of aryl methyl sites for hydroxylation is 2. The number of carbonyl (C=O) groups excluding carboxylic acids is 1. The molecule has 0 saturated carbocycles. The molecule has 0 radical (unpaired) electrons. The molecule has 2 atom stereocenters. The molecule has 1 N–H and O–H groups in total. The number of ether oxygens (including phenoxy) is 1. The van der Waals surface area contributed by atoms with E-state index in [2.05, 4.69) is 4.57 Å². The first kappa shape index (κ1) is 23.1. The normalized spacial score (nSPS) is 16.7. The summed E-state index contributed by atoms with van der Waals surface area (Å²) in [7, 11) is 0. The van der Waals surface area contributed by atoms with E-state index in [1.54, 1.807) is 0 Å². The van der Waals surface area contributed by atoms with Crippen molar-refractivity contribution < 1.29 is 14.6 Å². The molecule has 1 aromatic heterocycles. The number of para-hydroxylation sites is 2. The first-order chi connectivity index (χ1) is 16.9. The zero-order valence-electron chi connectivity index (χ0n) is 20.4. The van der Waals surface area contributed by atoms with E-state index in [1.165, 1.54) is 0 Å². The zero-order valence-corrected chi connectivity index (χ0v) is 20.4. The first-order valence-electron chi connectivity index (χ1n) is 12.1. The summed E-state index contributed by atoms with van der Waals surface area (Å²) < 4.78 is 8.02. The number of aromatic nitrogens is 2. The quantitative estimate of drug-likeness (QED) is 0.417. The van der Waals surface area contributed by atoms with E-state index >= 15 is 0 Å². The maximum absolute atomic E-state index is 12.9. The summed E-state index contributed by atoms with van der Waals surface area (Å²) in [4.78, 5) is 19.7. The van der Waals surface area contributed by atoms with E-state index in [0.29, 0.717) is 19.5 Å². The molecule has 35 heavy (non-hydrogen) atoms. The van der Waals surface area contributed by atoms with Crippen LogP contribution in [0.5, 0.6) is 5.75 Å². The predicted molar refractivity (Wildman–Crippen MR) is 138 cm³/mol. The van der Waals surface area contributed by atoms with Crippen molar-refractivity contribution in [2.45, 2.75) is 45.8 Å². The van der Waals surface area contributed by atoms with Crippen LogP contribution in [0.15, 0.2) is 66.7 Å². The van der Waals surface area contributed by atoms with Crippen LogP contribution in [0.4, 0.5) is 5.69 Å². The van der Waals surface area contributed by atoms with Crippen LogP contribution in [0.25, 0.3) is 11.0 Å². The van der Waals surface area contributed by atoms with Gasteiger partial charge < -0.3 is 19.3 Å². The number of anilines is 1. The molecule has 1 aliphatic heterocycles. The number of rotatable bonds is 7. The van der Waals surface area contributed by atoms with Crippen LogP contribution < -0.4 is 9.64 Å². The number of benzene rings is 3. The van der Waals surface area contributed by atoms with E-state index in [1.807, 2.05) is 92.4 Å². The van der Waals surface area contributed by atoms with Gasteiger partial charge in [-0.1, -0.05) is 42.0 Å². The number of amides is 1. The molecule has 0 spiro atoms. The van der Waals surface area contributed by atoms with Gasteiger partial charge in [0.05, 0.1) is 17.6 Å². The Labute approximate surface area is 205 Å². The predicted octanol–water partition coefficient (Wildman–Crippen LogP) is 4.92. The van der Waals surface area contributed by atoms with Gasteiger partial charge in [-0.25, -0.2) is 4.98 Å². The molecule has 1 aliphatic rings. The van der Waals surface area contributed by atoms with Crippen LogP contribution in [0.2, 0.25) is 0 Å². The highest BCUT2D eigenvalue weighted by atomic mass is 16.5. The number of aliphatic hydroxyl groups is 1. The molecule has 6 nitrogen and oxygen atoms in total. The number of carbonyl (C=O) groups is 1. The van der Waals surface area contributed by atoms with E-state index < -0.39 is 6.10 Å². The van der Waals surface area contributed by atoms with Gasteiger partial charge in [-0.2, -0.15) is 0 Å². The molecular weight excluding hydrogens is 438 g/mol. The summed E-state index contributed by atoms with van der Waals surface area (Å²) in [5, 5.41) is 10.9. The number of hydrogen-bond acceptors (Lipinski definition) is 4. The molecular formula is C29H31N3O3. The fourth-order valence-electron chi connectivity index (χ4n) is 4.78. The van der Waals surface area contributed by atoms with Crippen LogP contribution in [0.3, 0.4) is 0 Å². The Morgan fingerprint density at radius 2 is 1.80 bits per heavy atom. The second-order valence-electron chi connectivity index (χ2n) is 9.47. The van der Waals surface area contributed by atoms with Crippen LogP contribution in [0.1, 0.15) is 34.9 Å². The average Bonchev–Trinajstić information content (AvgIpc) is 3.41. The molecule has 0 unspecified atom stereocenters. The zero-order chi connectivity index (χ0) is 24.5. The van der Waals surface area contributed by atoms with E-state index in [-0.39, 0.29) is 18.4 Å². The number of fused-ring (bicyclic) bond motifs is 1. The van der Waals surface area contributed by atoms with Gasteiger partial charge in [-0.15, -0.1) is 0 Å². The largest absolute Gasteiger partial charge is 0.491 e. The van der Waals surface area contributed by atoms with Gasteiger partial charge in [0.1, 0.15) is 24.3 Å². The number of nitrogens with zero attached hydrogens (tertiary/aromatic N) is 3. The fourth-order valence-corrected chi connectivity index (χ4v) is 4.78. The van der Waals surface area contributed by atoms with Gasteiger partial charge in [0, 0.05) is 24.6 Å². The van der Waals surface area contributed by atoms with Crippen LogP contribution >= 0.6 is 0 Å². The van der Waals surface area contributed by atoms with Crippen molar-refractivity contribution in [2.24, 2.45) is 0 Å². The molecule has 1 amide bonds. The number of hydrogen-bond donors (Lipinski definition) is 1. The second kappa shape index (κ2) is 9.55. The van der Waals surface area contributed by atoms with E-state index in [9.17, 15) is 9.90 Å². The van der Waals surface area contributed by atoms with Crippen molar-refractivity contribution in [1.82, 2.24) is 9.55 Å². The minimum atomic E-state index is -0.725. The van der Waals surface area contributed by atoms with Gasteiger partial charge in [-0.05, 0) is 62.2 Å². The lowest BCUT2D eigenvalue weighted by atomic mass is 10.1. The Morgan fingerprint density at radius 3 is 2.60 bits per heavy atom. The summed E-state index contributed by atoms with van der Waals surface area (Å²) in [6, 6.07) is 21.9. The third kappa shape index (κ3) is 4.66. The third-order valence-corrected chi connectivity index (χ3v) is 6.90. The van der Waals surface area contributed by atoms with Gasteiger partial charge in [-0.3, -0.25) is 4.79 Å². The van der Waals surface area contributed by atoms with Crippen molar-refractivity contribution in [2.75, 3.05) is 18.1 Å². The van der Waals surface area contributed by atoms with E-state index in [4.69, 9.17) is 9.72 Å². The minimum Gasteiger partial charge on any atom is -0.491 e. The standard InChI is InChI=1S/C29H31N3O3/c1-19-11-13-23(14-12-19)31-16-22(15-28(31)34)29-30-25-8-4-5-9-26(25)32(29)17-24(33)18-35-27-10-6-7-20(2)21(27)3/h4-14,22,24,33H,15-18H2,1-3H3/t22-,24+/m0/s1. The summed E-state index contributed by atoms with van der Waals surface area (Å²) in [6.45, 7) is 7.20. The lowest BCUT2D eigenvalue weighted by molar-refractivity contribution is -0.117. The summed E-state index contributed by atoms with van der Waals surface area (Å²) in [6.07, 6.45) is -0.330. The van der Waals surface area contributed by atoms with Crippen molar-refractivity contribution in [3.63, 3.8) is 0 Å². The van der Waals surface area contributed by atoms with E-state index in [0.717, 1.165) is 45.0 Å². The summed E-state index contributed by atoms with van der Waals surface area (Å²) in [5.41, 5.74) is 6.13. The molecule has 180 valence electrons. The van der Waals surface area contributed by atoms with Crippen LogP contribution in [0, 0.1) is 20.8 Å². The third-order valence-electron chi connectivity index (χ3n) is 6.90. The summed E-state index contributed by atoms with van der Waals surface area (Å²) >= 11 is 0. The number of aliphatic hydroxyl groups excluding tert-OH is 1. The molecule has 6 heteroatoms. The monoisotopic (exact) mass is 469 g/mol. The van der Waals surface area contributed by atoms with Gasteiger partial charge in [0.2, 0.25) is 5.91 Å². The highest BCUT2D eigenvalue weighted by Gasteiger charge is 2.35. The van der Waals surface area contributed by atoms with Crippen molar-refractivity contribution in [3.05, 3.63) is 89.2 Å². The lowest BCUT2D eigenvalue weighted by Gasteiger charge is -2.19. The Kier molecular flexibility index (Phi) is 6.31.